The van der Waals surface area contributed by atoms with Gasteiger partial charge in [-0.2, -0.15) is 5.10 Å². The number of rotatable bonds is 3. The molecular weight excluding hydrogens is 236 g/mol. The largest absolute Gasteiger partial charge is 0.378 e. The summed E-state index contributed by atoms with van der Waals surface area (Å²) >= 11 is 0. The lowest BCUT2D eigenvalue weighted by Crippen LogP contribution is -2.37. The van der Waals surface area contributed by atoms with E-state index in [9.17, 15) is 10.1 Å². The number of nitrogens with zero attached hydrogens (tertiary/aromatic N) is 3. The fourth-order valence-corrected chi connectivity index (χ4v) is 2.35. The Morgan fingerprint density at radius 2 is 2.50 bits per heavy atom. The highest BCUT2D eigenvalue weighted by molar-refractivity contribution is 5.51. The second-order valence-electron chi connectivity index (χ2n) is 4.92. The van der Waals surface area contributed by atoms with Crippen molar-refractivity contribution in [2.75, 3.05) is 12.3 Å². The number of nitrogens with two attached hydrogens (primary N) is 1. The van der Waals surface area contributed by atoms with Crippen molar-refractivity contribution in [3.63, 3.8) is 0 Å². The molecule has 0 spiro atoms. The number of ether oxygens (including phenoxy) is 1. The minimum absolute atomic E-state index is 0.0670. The Bertz CT molecular complexity index is 459. The summed E-state index contributed by atoms with van der Waals surface area (Å²) in [6.07, 6.45) is 3.66. The van der Waals surface area contributed by atoms with Crippen molar-refractivity contribution in [1.82, 2.24) is 9.78 Å². The van der Waals surface area contributed by atoms with Crippen molar-refractivity contribution in [2.24, 2.45) is 0 Å². The van der Waals surface area contributed by atoms with E-state index in [1.165, 1.54) is 6.20 Å². The van der Waals surface area contributed by atoms with E-state index in [2.05, 4.69) is 12.0 Å². The summed E-state index contributed by atoms with van der Waals surface area (Å²) in [7, 11) is 0. The molecule has 1 aliphatic heterocycles. The van der Waals surface area contributed by atoms with Crippen LogP contribution in [0.4, 0.5) is 11.5 Å². The van der Waals surface area contributed by atoms with Crippen molar-refractivity contribution in [2.45, 2.75) is 44.8 Å². The van der Waals surface area contributed by atoms with E-state index < -0.39 is 4.92 Å². The van der Waals surface area contributed by atoms with Gasteiger partial charge in [-0.1, -0.05) is 6.92 Å². The van der Waals surface area contributed by atoms with E-state index >= 15 is 0 Å². The molecule has 0 radical (unpaired) electrons. The van der Waals surface area contributed by atoms with Crippen molar-refractivity contribution in [3.05, 3.63) is 16.3 Å². The molecule has 0 bridgehead atoms. The molecule has 7 heteroatoms. The third kappa shape index (κ3) is 2.17. The zero-order valence-corrected chi connectivity index (χ0v) is 10.6. The Hall–Kier alpha value is -1.63. The summed E-state index contributed by atoms with van der Waals surface area (Å²) in [5.74, 6) is 0.130. The molecule has 18 heavy (non-hydrogen) atoms. The van der Waals surface area contributed by atoms with Crippen LogP contribution in [-0.4, -0.2) is 26.9 Å². The molecule has 2 N–H and O–H groups in total. The van der Waals surface area contributed by atoms with Crippen LogP contribution in [0.1, 0.15) is 39.2 Å². The quantitative estimate of drug-likeness (QED) is 0.656. The summed E-state index contributed by atoms with van der Waals surface area (Å²) in [6, 6.07) is 0.0670. The first-order chi connectivity index (χ1) is 8.47. The summed E-state index contributed by atoms with van der Waals surface area (Å²) in [6.45, 7) is 4.74. The van der Waals surface area contributed by atoms with Gasteiger partial charge in [0.25, 0.3) is 0 Å². The molecule has 1 aliphatic rings. The van der Waals surface area contributed by atoms with Crippen LogP contribution >= 0.6 is 0 Å². The van der Waals surface area contributed by atoms with Crippen LogP contribution in [0, 0.1) is 10.1 Å². The zero-order valence-electron chi connectivity index (χ0n) is 10.6. The average molecular weight is 254 g/mol. The Morgan fingerprint density at radius 1 is 1.78 bits per heavy atom. The predicted molar refractivity (Wildman–Crippen MR) is 66.2 cm³/mol. The Kier molecular flexibility index (Phi) is 3.25. The lowest BCUT2D eigenvalue weighted by atomic mass is 9.90. The lowest BCUT2D eigenvalue weighted by Gasteiger charge is -2.37. The van der Waals surface area contributed by atoms with Crippen LogP contribution < -0.4 is 5.73 Å². The van der Waals surface area contributed by atoms with E-state index in [0.29, 0.717) is 6.61 Å². The molecule has 2 atom stereocenters. The number of nitrogen functional groups attached to an aromatic ring is 1. The van der Waals surface area contributed by atoms with Gasteiger partial charge in [0.15, 0.2) is 0 Å². The molecule has 0 aliphatic carbocycles. The molecule has 0 amide bonds. The van der Waals surface area contributed by atoms with Crippen molar-refractivity contribution in [1.29, 1.82) is 0 Å². The monoisotopic (exact) mass is 254 g/mol. The highest BCUT2D eigenvalue weighted by atomic mass is 16.6. The number of anilines is 1. The van der Waals surface area contributed by atoms with Gasteiger partial charge in [0, 0.05) is 6.61 Å². The number of hydrogen-bond acceptors (Lipinski definition) is 5. The van der Waals surface area contributed by atoms with Gasteiger partial charge in [0.05, 0.1) is 16.6 Å². The van der Waals surface area contributed by atoms with Gasteiger partial charge in [0.1, 0.15) is 6.20 Å². The van der Waals surface area contributed by atoms with Crippen LogP contribution in [0.3, 0.4) is 0 Å². The minimum Gasteiger partial charge on any atom is -0.378 e. The summed E-state index contributed by atoms with van der Waals surface area (Å²) in [5.41, 5.74) is 5.46. The predicted octanol–water partition coefficient (Wildman–Crippen LogP) is 1.89. The highest BCUT2D eigenvalue weighted by Gasteiger charge is 2.34. The third-order valence-corrected chi connectivity index (χ3v) is 3.67. The Labute approximate surface area is 105 Å². The number of aromatic nitrogens is 2. The van der Waals surface area contributed by atoms with Gasteiger partial charge in [-0.25, -0.2) is 4.68 Å². The molecule has 2 heterocycles. The molecule has 0 aromatic carbocycles. The fourth-order valence-electron chi connectivity index (χ4n) is 2.35. The average Bonchev–Trinajstić information content (AvgIpc) is 2.71. The SMILES string of the molecule is CCC1(C)CC(n2ncc([N+](=O)[O-])c2N)CCO1. The first kappa shape index (κ1) is 12.8. The van der Waals surface area contributed by atoms with Gasteiger partial charge < -0.3 is 10.5 Å². The third-order valence-electron chi connectivity index (χ3n) is 3.67. The topological polar surface area (TPSA) is 96.2 Å². The smallest absolute Gasteiger partial charge is 0.330 e. The minimum atomic E-state index is -0.503. The fraction of sp³-hybridized carbons (Fsp3) is 0.727. The van der Waals surface area contributed by atoms with Crippen LogP contribution in [0.25, 0.3) is 0 Å². The molecule has 7 nitrogen and oxygen atoms in total. The highest BCUT2D eigenvalue weighted by Crippen LogP contribution is 2.36. The van der Waals surface area contributed by atoms with Crippen molar-refractivity contribution >= 4 is 11.5 Å². The summed E-state index contributed by atoms with van der Waals surface area (Å²) in [5, 5.41) is 14.8. The number of hydrogen-bond donors (Lipinski definition) is 1. The molecule has 1 aromatic heterocycles. The second kappa shape index (κ2) is 4.56. The van der Waals surface area contributed by atoms with Crippen LogP contribution in [-0.2, 0) is 4.74 Å². The molecule has 0 saturated carbocycles. The molecule has 1 fully saturated rings. The van der Waals surface area contributed by atoms with Crippen LogP contribution in [0.5, 0.6) is 0 Å². The van der Waals surface area contributed by atoms with E-state index in [0.717, 1.165) is 19.3 Å². The van der Waals surface area contributed by atoms with E-state index in [-0.39, 0.29) is 23.1 Å². The first-order valence-corrected chi connectivity index (χ1v) is 6.08. The second-order valence-corrected chi connectivity index (χ2v) is 4.92. The van der Waals surface area contributed by atoms with E-state index in [4.69, 9.17) is 10.5 Å². The van der Waals surface area contributed by atoms with Crippen molar-refractivity contribution in [3.8, 4) is 0 Å². The van der Waals surface area contributed by atoms with Gasteiger partial charge in [-0.3, -0.25) is 10.1 Å². The Morgan fingerprint density at radius 3 is 3.06 bits per heavy atom. The van der Waals surface area contributed by atoms with Gasteiger partial charge in [-0.05, 0) is 26.2 Å². The molecule has 2 unspecified atom stereocenters. The normalized spacial score (nSPS) is 28.2. The van der Waals surface area contributed by atoms with Gasteiger partial charge >= 0.3 is 5.69 Å². The summed E-state index contributed by atoms with van der Waals surface area (Å²) < 4.78 is 7.31. The van der Waals surface area contributed by atoms with Gasteiger partial charge in [-0.15, -0.1) is 0 Å². The van der Waals surface area contributed by atoms with Gasteiger partial charge in [0.2, 0.25) is 5.82 Å². The standard InChI is InChI=1S/C11H18N4O3/c1-3-11(2)6-8(4-5-18-11)14-10(12)9(7-13-14)15(16)17/h7-8H,3-6,12H2,1-2H3. The van der Waals surface area contributed by atoms with E-state index in [1.807, 2.05) is 6.92 Å². The summed E-state index contributed by atoms with van der Waals surface area (Å²) in [4.78, 5) is 10.2. The van der Waals surface area contributed by atoms with E-state index in [1.54, 1.807) is 4.68 Å². The first-order valence-electron chi connectivity index (χ1n) is 6.08. The molecule has 2 rings (SSSR count). The molecule has 100 valence electrons. The maximum atomic E-state index is 10.7. The lowest BCUT2D eigenvalue weighted by molar-refractivity contribution is -0.384. The molecule has 1 aromatic rings. The molecular formula is C11H18N4O3. The van der Waals surface area contributed by atoms with Crippen LogP contribution in [0.15, 0.2) is 6.20 Å². The Balaban J connectivity index is 2.24. The zero-order chi connectivity index (χ0) is 13.3. The maximum absolute atomic E-state index is 10.7. The van der Waals surface area contributed by atoms with Crippen LogP contribution in [0.2, 0.25) is 0 Å². The molecule has 1 saturated heterocycles. The maximum Gasteiger partial charge on any atom is 0.330 e. The number of nitro groups is 1. The van der Waals surface area contributed by atoms with Crippen molar-refractivity contribution < 1.29 is 9.66 Å².